The molecule has 1 unspecified atom stereocenters. The minimum atomic E-state index is -4.47. The Balaban J connectivity index is 2.27. The third-order valence-electron chi connectivity index (χ3n) is 2.75. The number of nitrogens with zero attached hydrogens (tertiary/aromatic N) is 1. The van der Waals surface area contributed by atoms with Gasteiger partial charge in [0.25, 0.3) is 0 Å². The van der Waals surface area contributed by atoms with Gasteiger partial charge in [-0.1, -0.05) is 24.3 Å². The Kier molecular flexibility index (Phi) is 3.85. The van der Waals surface area contributed by atoms with Gasteiger partial charge in [-0.2, -0.15) is 13.2 Å². The largest absolute Gasteiger partial charge is 0.416 e. The number of benzene rings is 1. The topological polar surface area (TPSA) is 33.1 Å². The van der Waals surface area contributed by atoms with Crippen LogP contribution in [0.25, 0.3) is 0 Å². The molecule has 5 heteroatoms. The molecule has 1 atom stereocenters. The zero-order valence-corrected chi connectivity index (χ0v) is 9.93. The monoisotopic (exact) mass is 267 g/mol. The second kappa shape index (κ2) is 5.40. The van der Waals surface area contributed by atoms with Gasteiger partial charge in [0.1, 0.15) is 0 Å². The van der Waals surface area contributed by atoms with Crippen molar-refractivity contribution in [2.45, 2.75) is 18.7 Å². The van der Waals surface area contributed by atoms with E-state index in [2.05, 4.69) is 4.98 Å². The average molecular weight is 267 g/mol. The van der Waals surface area contributed by atoms with Crippen molar-refractivity contribution in [1.29, 1.82) is 0 Å². The van der Waals surface area contributed by atoms with Crippen LogP contribution in [0.5, 0.6) is 0 Å². The molecule has 2 aromatic rings. The minimum absolute atomic E-state index is 0.0495. The first-order chi connectivity index (χ1) is 8.98. The highest BCUT2D eigenvalue weighted by molar-refractivity contribution is 5.32. The molecular formula is C14H12F3NO. The van der Waals surface area contributed by atoms with Gasteiger partial charge in [0.15, 0.2) is 0 Å². The van der Waals surface area contributed by atoms with E-state index in [0.29, 0.717) is 5.69 Å². The summed E-state index contributed by atoms with van der Waals surface area (Å²) in [5.41, 5.74) is -0.383. The molecule has 2 nitrogen and oxygen atoms in total. The van der Waals surface area contributed by atoms with Crippen molar-refractivity contribution in [3.05, 3.63) is 65.5 Å². The van der Waals surface area contributed by atoms with Gasteiger partial charge in [-0.05, 0) is 23.8 Å². The standard InChI is InChI=1S/C14H12F3NO/c15-14(16,17)12-7-2-1-6-11(12)13(19)9-10-5-3-4-8-18-10/h1-8,13,19H,9H2. The third kappa shape index (κ3) is 3.32. The van der Waals surface area contributed by atoms with Crippen molar-refractivity contribution in [1.82, 2.24) is 4.98 Å². The molecule has 0 aliphatic heterocycles. The molecule has 1 N–H and O–H groups in total. The Morgan fingerprint density at radius 3 is 2.37 bits per heavy atom. The fourth-order valence-electron chi connectivity index (χ4n) is 1.87. The molecule has 1 heterocycles. The fourth-order valence-corrected chi connectivity index (χ4v) is 1.87. The predicted molar refractivity (Wildman–Crippen MR) is 64.3 cm³/mol. The van der Waals surface area contributed by atoms with Gasteiger partial charge in [-0.15, -0.1) is 0 Å². The fraction of sp³-hybridized carbons (Fsp3) is 0.214. The van der Waals surface area contributed by atoms with Crippen molar-refractivity contribution >= 4 is 0 Å². The van der Waals surface area contributed by atoms with Crippen molar-refractivity contribution in [3.8, 4) is 0 Å². The van der Waals surface area contributed by atoms with E-state index in [4.69, 9.17) is 0 Å². The smallest absolute Gasteiger partial charge is 0.388 e. The Labute approximate surface area is 108 Å². The summed E-state index contributed by atoms with van der Waals surface area (Å²) in [6.07, 6.45) is -4.11. The normalized spacial score (nSPS) is 13.3. The van der Waals surface area contributed by atoms with E-state index in [-0.39, 0.29) is 12.0 Å². The van der Waals surface area contributed by atoms with Crippen molar-refractivity contribution < 1.29 is 18.3 Å². The number of rotatable bonds is 3. The van der Waals surface area contributed by atoms with Gasteiger partial charge < -0.3 is 5.11 Å². The highest BCUT2D eigenvalue weighted by Crippen LogP contribution is 2.35. The summed E-state index contributed by atoms with van der Waals surface area (Å²) in [5, 5.41) is 9.98. The zero-order chi connectivity index (χ0) is 13.9. The van der Waals surface area contributed by atoms with Crippen molar-refractivity contribution in [2.75, 3.05) is 0 Å². The average Bonchev–Trinajstić information content (AvgIpc) is 2.39. The molecule has 0 aliphatic carbocycles. The lowest BCUT2D eigenvalue weighted by Crippen LogP contribution is -2.13. The molecule has 0 saturated heterocycles. The lowest BCUT2D eigenvalue weighted by molar-refractivity contribution is -0.139. The van der Waals surface area contributed by atoms with Gasteiger partial charge in [0.05, 0.1) is 11.7 Å². The van der Waals surface area contributed by atoms with Crippen LogP contribution in [0.15, 0.2) is 48.7 Å². The third-order valence-corrected chi connectivity index (χ3v) is 2.75. The Morgan fingerprint density at radius 2 is 1.74 bits per heavy atom. The molecule has 2 rings (SSSR count). The first-order valence-electron chi connectivity index (χ1n) is 5.72. The molecule has 0 spiro atoms. The van der Waals surface area contributed by atoms with Crippen LogP contribution in [0.4, 0.5) is 13.2 Å². The van der Waals surface area contributed by atoms with Gasteiger partial charge >= 0.3 is 6.18 Å². The number of alkyl halides is 3. The highest BCUT2D eigenvalue weighted by atomic mass is 19.4. The minimum Gasteiger partial charge on any atom is -0.388 e. The van der Waals surface area contributed by atoms with Crippen LogP contribution in [0.3, 0.4) is 0 Å². The van der Waals surface area contributed by atoms with Crippen LogP contribution in [0.2, 0.25) is 0 Å². The lowest BCUT2D eigenvalue weighted by Gasteiger charge is -2.17. The molecular weight excluding hydrogens is 255 g/mol. The summed E-state index contributed by atoms with van der Waals surface area (Å²) < 4.78 is 38.5. The predicted octanol–water partition coefficient (Wildman–Crippen LogP) is 3.38. The molecule has 0 amide bonds. The summed E-state index contributed by atoms with van der Waals surface area (Å²) in [7, 11) is 0. The van der Waals surface area contributed by atoms with E-state index in [9.17, 15) is 18.3 Å². The quantitative estimate of drug-likeness (QED) is 0.924. The van der Waals surface area contributed by atoms with Crippen LogP contribution < -0.4 is 0 Å². The molecule has 100 valence electrons. The van der Waals surface area contributed by atoms with Gasteiger partial charge in [-0.25, -0.2) is 0 Å². The van der Waals surface area contributed by atoms with E-state index < -0.39 is 17.8 Å². The summed E-state index contributed by atoms with van der Waals surface area (Å²) >= 11 is 0. The number of aliphatic hydroxyl groups excluding tert-OH is 1. The first-order valence-corrected chi connectivity index (χ1v) is 5.72. The SMILES string of the molecule is OC(Cc1ccccn1)c1ccccc1C(F)(F)F. The molecule has 0 radical (unpaired) electrons. The molecule has 0 aliphatic rings. The van der Waals surface area contributed by atoms with Crippen LogP contribution >= 0.6 is 0 Å². The second-order valence-corrected chi connectivity index (χ2v) is 4.13. The van der Waals surface area contributed by atoms with E-state index >= 15 is 0 Å². The van der Waals surface area contributed by atoms with Crippen LogP contribution in [0, 0.1) is 0 Å². The van der Waals surface area contributed by atoms with E-state index in [1.54, 1.807) is 18.2 Å². The summed E-state index contributed by atoms with van der Waals surface area (Å²) in [6, 6.07) is 10.1. The number of aliphatic hydroxyl groups is 1. The van der Waals surface area contributed by atoms with E-state index in [1.165, 1.54) is 24.4 Å². The van der Waals surface area contributed by atoms with E-state index in [0.717, 1.165) is 6.07 Å². The Bertz CT molecular complexity index is 540. The second-order valence-electron chi connectivity index (χ2n) is 4.13. The van der Waals surface area contributed by atoms with Crippen molar-refractivity contribution in [2.24, 2.45) is 0 Å². The maximum atomic E-state index is 12.8. The number of aromatic nitrogens is 1. The molecule has 0 fully saturated rings. The van der Waals surface area contributed by atoms with Gasteiger partial charge in [-0.3, -0.25) is 4.98 Å². The molecule has 0 bridgehead atoms. The summed E-state index contributed by atoms with van der Waals surface area (Å²) in [6.45, 7) is 0. The van der Waals surface area contributed by atoms with Crippen molar-refractivity contribution in [3.63, 3.8) is 0 Å². The van der Waals surface area contributed by atoms with Gasteiger partial charge in [0, 0.05) is 18.3 Å². The molecule has 19 heavy (non-hydrogen) atoms. The number of hydrogen-bond acceptors (Lipinski definition) is 2. The van der Waals surface area contributed by atoms with Gasteiger partial charge in [0.2, 0.25) is 0 Å². The maximum Gasteiger partial charge on any atom is 0.416 e. The highest BCUT2D eigenvalue weighted by Gasteiger charge is 2.34. The van der Waals surface area contributed by atoms with E-state index in [1.807, 2.05) is 0 Å². The molecule has 1 aromatic carbocycles. The molecule has 0 saturated carbocycles. The number of hydrogen-bond donors (Lipinski definition) is 1. The molecule has 1 aromatic heterocycles. The lowest BCUT2D eigenvalue weighted by atomic mass is 9.98. The Hall–Kier alpha value is -1.88. The summed E-state index contributed by atoms with van der Waals surface area (Å²) in [4.78, 5) is 3.99. The zero-order valence-electron chi connectivity index (χ0n) is 9.93. The van der Waals surface area contributed by atoms with Crippen LogP contribution in [-0.4, -0.2) is 10.1 Å². The Morgan fingerprint density at radius 1 is 1.05 bits per heavy atom. The summed E-state index contributed by atoms with van der Waals surface area (Å²) in [5.74, 6) is 0. The van der Waals surface area contributed by atoms with Crippen LogP contribution in [0.1, 0.15) is 22.9 Å². The number of pyridine rings is 1. The van der Waals surface area contributed by atoms with Crippen LogP contribution in [-0.2, 0) is 12.6 Å². The first kappa shape index (κ1) is 13.5. The number of halogens is 3. The maximum absolute atomic E-state index is 12.8.